The summed E-state index contributed by atoms with van der Waals surface area (Å²) in [5, 5.41) is 2.48. The third kappa shape index (κ3) is 4.46. The van der Waals surface area contributed by atoms with Crippen molar-refractivity contribution < 1.29 is 22.8 Å². The highest BCUT2D eigenvalue weighted by atomic mass is 19.4. The molecule has 126 valence electrons. The molecule has 7 heteroatoms. The van der Waals surface area contributed by atoms with Gasteiger partial charge in [0.2, 0.25) is 5.91 Å². The number of rotatable bonds is 3. The van der Waals surface area contributed by atoms with Crippen molar-refractivity contribution in [3.05, 3.63) is 35.4 Å². The maximum atomic E-state index is 12.8. The van der Waals surface area contributed by atoms with Crippen molar-refractivity contribution in [2.24, 2.45) is 5.92 Å². The second kappa shape index (κ2) is 7.02. The Hall–Kier alpha value is -2.05. The van der Waals surface area contributed by atoms with Crippen LogP contribution in [0.15, 0.2) is 24.3 Å². The lowest BCUT2D eigenvalue weighted by Crippen LogP contribution is -2.48. The second-order valence-corrected chi connectivity index (χ2v) is 5.72. The molecule has 1 N–H and O–H groups in total. The van der Waals surface area contributed by atoms with E-state index < -0.39 is 23.9 Å². The van der Waals surface area contributed by atoms with Crippen molar-refractivity contribution in [1.82, 2.24) is 10.2 Å². The molecule has 0 aliphatic carbocycles. The fourth-order valence-electron chi connectivity index (χ4n) is 2.66. The van der Waals surface area contributed by atoms with E-state index in [1.165, 1.54) is 4.90 Å². The van der Waals surface area contributed by atoms with Crippen LogP contribution in [0.3, 0.4) is 0 Å². The summed E-state index contributed by atoms with van der Waals surface area (Å²) < 4.78 is 38.3. The van der Waals surface area contributed by atoms with Gasteiger partial charge in [-0.3, -0.25) is 9.59 Å². The molecule has 1 atom stereocenters. The zero-order chi connectivity index (χ0) is 17.0. The Morgan fingerprint density at radius 1 is 1.30 bits per heavy atom. The van der Waals surface area contributed by atoms with E-state index in [0.29, 0.717) is 18.5 Å². The second-order valence-electron chi connectivity index (χ2n) is 5.72. The molecule has 1 heterocycles. The predicted octanol–water partition coefficient (Wildman–Crippen LogP) is 2.53. The summed E-state index contributed by atoms with van der Waals surface area (Å²) in [5.41, 5.74) is 1.22. The minimum Gasteiger partial charge on any atom is -0.343 e. The summed E-state index contributed by atoms with van der Waals surface area (Å²) in [6.45, 7) is 1.45. The molecule has 0 bridgehead atoms. The monoisotopic (exact) mass is 328 g/mol. The number of amides is 2. The lowest BCUT2D eigenvalue weighted by atomic mass is 9.97. The maximum Gasteiger partial charge on any atom is 0.393 e. The number of alkyl halides is 3. The van der Waals surface area contributed by atoms with Crippen LogP contribution in [0.2, 0.25) is 0 Å². The molecule has 2 rings (SSSR count). The van der Waals surface area contributed by atoms with Gasteiger partial charge >= 0.3 is 6.18 Å². The molecule has 1 aromatic carbocycles. The molecule has 2 amide bonds. The van der Waals surface area contributed by atoms with Crippen LogP contribution in [0.25, 0.3) is 0 Å². The molecule has 1 unspecified atom stereocenters. The number of likely N-dealkylation sites (tertiary alicyclic amines) is 1. The summed E-state index contributed by atoms with van der Waals surface area (Å²) in [5.74, 6) is -2.37. The van der Waals surface area contributed by atoms with Crippen LogP contribution in [0.1, 0.15) is 28.8 Å². The maximum absolute atomic E-state index is 12.8. The van der Waals surface area contributed by atoms with Gasteiger partial charge in [-0.1, -0.05) is 18.2 Å². The Morgan fingerprint density at radius 2 is 2.00 bits per heavy atom. The average molecular weight is 328 g/mol. The first-order chi connectivity index (χ1) is 10.8. The summed E-state index contributed by atoms with van der Waals surface area (Å²) >= 11 is 0. The van der Waals surface area contributed by atoms with Crippen molar-refractivity contribution in [2.45, 2.75) is 25.9 Å². The van der Waals surface area contributed by atoms with Crippen LogP contribution < -0.4 is 5.32 Å². The molecule has 0 aromatic heterocycles. The van der Waals surface area contributed by atoms with Gasteiger partial charge in [0.15, 0.2) is 0 Å². The predicted molar refractivity (Wildman–Crippen MR) is 78.9 cm³/mol. The van der Waals surface area contributed by atoms with Gasteiger partial charge in [0, 0.05) is 18.7 Å². The van der Waals surface area contributed by atoms with Gasteiger partial charge in [-0.05, 0) is 31.4 Å². The van der Waals surface area contributed by atoms with E-state index in [1.54, 1.807) is 31.2 Å². The van der Waals surface area contributed by atoms with Crippen LogP contribution >= 0.6 is 0 Å². The first-order valence-electron chi connectivity index (χ1n) is 7.47. The summed E-state index contributed by atoms with van der Waals surface area (Å²) in [6.07, 6.45) is -3.92. The molecule has 0 radical (unpaired) electrons. The van der Waals surface area contributed by atoms with Gasteiger partial charge in [0.1, 0.15) is 0 Å². The van der Waals surface area contributed by atoms with E-state index in [1.807, 2.05) is 0 Å². The summed E-state index contributed by atoms with van der Waals surface area (Å²) in [4.78, 5) is 25.2. The number of aryl methyl sites for hydroxylation is 1. The lowest BCUT2D eigenvalue weighted by molar-refractivity contribution is -0.187. The first-order valence-corrected chi connectivity index (χ1v) is 7.47. The summed E-state index contributed by atoms with van der Waals surface area (Å²) in [6, 6.07) is 6.91. The molecule has 1 aromatic rings. The highest BCUT2D eigenvalue weighted by Crippen LogP contribution is 2.33. The van der Waals surface area contributed by atoms with Crippen LogP contribution in [0.4, 0.5) is 13.2 Å². The van der Waals surface area contributed by atoms with Crippen molar-refractivity contribution in [3.8, 4) is 0 Å². The number of nitrogens with one attached hydrogen (secondary N) is 1. The van der Waals surface area contributed by atoms with E-state index in [2.05, 4.69) is 5.32 Å². The fourth-order valence-corrected chi connectivity index (χ4v) is 2.66. The molecule has 1 aliphatic heterocycles. The molecule has 4 nitrogen and oxygen atoms in total. The van der Waals surface area contributed by atoms with E-state index in [-0.39, 0.29) is 19.5 Å². The molecule has 0 spiro atoms. The molecule has 1 saturated heterocycles. The van der Waals surface area contributed by atoms with E-state index in [0.717, 1.165) is 5.56 Å². The number of nitrogens with zero attached hydrogens (tertiary/aromatic N) is 1. The number of carbonyl (C=O) groups excluding carboxylic acids is 2. The first kappa shape index (κ1) is 17.3. The highest BCUT2D eigenvalue weighted by Gasteiger charge is 2.42. The smallest absolute Gasteiger partial charge is 0.343 e. The van der Waals surface area contributed by atoms with Crippen LogP contribution in [-0.4, -0.2) is 42.5 Å². The van der Waals surface area contributed by atoms with Crippen molar-refractivity contribution in [1.29, 1.82) is 0 Å². The van der Waals surface area contributed by atoms with Crippen molar-refractivity contribution in [3.63, 3.8) is 0 Å². The Morgan fingerprint density at radius 3 is 2.65 bits per heavy atom. The number of halogens is 3. The summed E-state index contributed by atoms with van der Waals surface area (Å²) in [7, 11) is 0. The molecule has 0 saturated carbocycles. The van der Waals surface area contributed by atoms with Gasteiger partial charge in [0.25, 0.3) is 5.91 Å². The Labute approximate surface area is 132 Å². The molecule has 23 heavy (non-hydrogen) atoms. The third-order valence-corrected chi connectivity index (χ3v) is 4.03. The number of piperidine rings is 1. The molecule has 1 aliphatic rings. The SMILES string of the molecule is Cc1ccccc1C(=O)NCC(=O)N1CCCC(C(F)(F)F)C1. The minimum absolute atomic E-state index is 0.0445. The van der Waals surface area contributed by atoms with E-state index in [4.69, 9.17) is 0 Å². The van der Waals surface area contributed by atoms with Crippen LogP contribution in [-0.2, 0) is 4.79 Å². The van der Waals surface area contributed by atoms with Crippen molar-refractivity contribution in [2.75, 3.05) is 19.6 Å². The number of hydrogen-bond donors (Lipinski definition) is 1. The quantitative estimate of drug-likeness (QED) is 0.927. The van der Waals surface area contributed by atoms with Crippen molar-refractivity contribution >= 4 is 11.8 Å². The Kier molecular flexibility index (Phi) is 5.28. The number of hydrogen-bond acceptors (Lipinski definition) is 2. The Bertz CT molecular complexity index is 587. The largest absolute Gasteiger partial charge is 0.393 e. The number of carbonyl (C=O) groups is 2. The Balaban J connectivity index is 1.90. The zero-order valence-electron chi connectivity index (χ0n) is 12.8. The third-order valence-electron chi connectivity index (χ3n) is 4.03. The van der Waals surface area contributed by atoms with Gasteiger partial charge < -0.3 is 10.2 Å². The van der Waals surface area contributed by atoms with E-state index in [9.17, 15) is 22.8 Å². The fraction of sp³-hybridized carbons (Fsp3) is 0.500. The van der Waals surface area contributed by atoms with E-state index >= 15 is 0 Å². The van der Waals surface area contributed by atoms with Crippen LogP contribution in [0.5, 0.6) is 0 Å². The lowest BCUT2D eigenvalue weighted by Gasteiger charge is -2.33. The van der Waals surface area contributed by atoms with Crippen LogP contribution in [0, 0.1) is 12.8 Å². The topological polar surface area (TPSA) is 49.4 Å². The number of benzene rings is 1. The zero-order valence-corrected chi connectivity index (χ0v) is 12.8. The van der Waals surface area contributed by atoms with Gasteiger partial charge in [0.05, 0.1) is 12.5 Å². The average Bonchev–Trinajstić information content (AvgIpc) is 2.52. The van der Waals surface area contributed by atoms with Gasteiger partial charge in [-0.15, -0.1) is 0 Å². The molecule has 1 fully saturated rings. The van der Waals surface area contributed by atoms with Gasteiger partial charge in [-0.25, -0.2) is 0 Å². The molecular weight excluding hydrogens is 309 g/mol. The molecular formula is C16H19F3N2O2. The normalized spacial score (nSPS) is 18.6. The highest BCUT2D eigenvalue weighted by molar-refractivity contribution is 5.97. The standard InChI is InChI=1S/C16H19F3N2O2/c1-11-5-2-3-7-13(11)15(23)20-9-14(22)21-8-4-6-12(10-21)16(17,18)19/h2-3,5,7,12H,4,6,8-10H2,1H3,(H,20,23). The van der Waals surface area contributed by atoms with Gasteiger partial charge in [-0.2, -0.15) is 13.2 Å². The minimum atomic E-state index is -4.29.